The van der Waals surface area contributed by atoms with Gasteiger partial charge in [0.25, 0.3) is 0 Å². The summed E-state index contributed by atoms with van der Waals surface area (Å²) in [6.45, 7) is 2.00. The maximum absolute atomic E-state index is 12.4. The van der Waals surface area contributed by atoms with Gasteiger partial charge in [-0.25, -0.2) is 4.79 Å². The number of urea groups is 1. The number of para-hydroxylation sites is 2. The maximum Gasteiger partial charge on any atom is 0.322 e. The average Bonchev–Trinajstić information content (AvgIpc) is 2.54. The fourth-order valence-corrected chi connectivity index (χ4v) is 2.08. The molecule has 0 spiro atoms. The molecule has 0 unspecified atom stereocenters. The van der Waals surface area contributed by atoms with Crippen molar-refractivity contribution < 1.29 is 9.53 Å². The molecule has 0 heterocycles. The van der Waals surface area contributed by atoms with E-state index in [-0.39, 0.29) is 12.1 Å². The van der Waals surface area contributed by atoms with Gasteiger partial charge in [-0.3, -0.25) is 0 Å². The van der Waals surface area contributed by atoms with Crippen LogP contribution >= 0.6 is 0 Å². The molecule has 4 heteroatoms. The van der Waals surface area contributed by atoms with E-state index in [4.69, 9.17) is 4.74 Å². The summed E-state index contributed by atoms with van der Waals surface area (Å²) < 4.78 is 5.24. The van der Waals surface area contributed by atoms with Crippen molar-refractivity contribution in [3.63, 3.8) is 0 Å². The molecule has 1 atom stereocenters. The third-order valence-electron chi connectivity index (χ3n) is 3.53. The van der Waals surface area contributed by atoms with E-state index in [0.717, 1.165) is 5.56 Å². The first-order valence-corrected chi connectivity index (χ1v) is 6.85. The van der Waals surface area contributed by atoms with Crippen LogP contribution < -0.4 is 10.1 Å². The van der Waals surface area contributed by atoms with Crippen LogP contribution in [0.15, 0.2) is 54.6 Å². The third-order valence-corrected chi connectivity index (χ3v) is 3.53. The van der Waals surface area contributed by atoms with E-state index >= 15 is 0 Å². The molecule has 0 aliphatic rings. The summed E-state index contributed by atoms with van der Waals surface area (Å²) in [5.74, 6) is 0.645. The molecule has 2 amide bonds. The first-order valence-electron chi connectivity index (χ1n) is 6.85. The number of nitrogens with one attached hydrogen (secondary N) is 1. The van der Waals surface area contributed by atoms with Crippen molar-refractivity contribution in [3.8, 4) is 5.75 Å². The smallest absolute Gasteiger partial charge is 0.322 e. The summed E-state index contributed by atoms with van der Waals surface area (Å²) in [5, 5.41) is 2.87. The number of carbonyl (C=O) groups is 1. The zero-order chi connectivity index (χ0) is 15.2. The lowest BCUT2D eigenvalue weighted by atomic mass is 10.1. The highest BCUT2D eigenvalue weighted by Crippen LogP contribution is 2.25. The van der Waals surface area contributed by atoms with E-state index in [0.29, 0.717) is 11.4 Å². The Bertz CT molecular complexity index is 599. The van der Waals surface area contributed by atoms with Gasteiger partial charge in [-0.05, 0) is 24.6 Å². The van der Waals surface area contributed by atoms with Gasteiger partial charge in [0.1, 0.15) is 5.75 Å². The molecule has 0 aliphatic heterocycles. The number of carbonyl (C=O) groups excluding carboxylic acids is 1. The van der Waals surface area contributed by atoms with Gasteiger partial charge in [0.15, 0.2) is 0 Å². The number of anilines is 1. The van der Waals surface area contributed by atoms with Gasteiger partial charge in [-0.2, -0.15) is 0 Å². The van der Waals surface area contributed by atoms with E-state index in [2.05, 4.69) is 5.32 Å². The van der Waals surface area contributed by atoms with Crippen LogP contribution in [0.3, 0.4) is 0 Å². The normalized spacial score (nSPS) is 11.6. The summed E-state index contributed by atoms with van der Waals surface area (Å²) in [5.41, 5.74) is 1.76. The third kappa shape index (κ3) is 3.54. The minimum atomic E-state index is -0.171. The Labute approximate surface area is 125 Å². The topological polar surface area (TPSA) is 41.6 Å². The molecule has 0 saturated heterocycles. The van der Waals surface area contributed by atoms with Crippen LogP contribution in [-0.2, 0) is 0 Å². The number of rotatable bonds is 4. The van der Waals surface area contributed by atoms with E-state index in [1.807, 2.05) is 61.5 Å². The number of ether oxygens (including phenoxy) is 1. The molecule has 110 valence electrons. The van der Waals surface area contributed by atoms with Crippen LogP contribution in [0.25, 0.3) is 0 Å². The van der Waals surface area contributed by atoms with Gasteiger partial charge in [-0.1, -0.05) is 42.5 Å². The van der Waals surface area contributed by atoms with Crippen molar-refractivity contribution in [2.24, 2.45) is 0 Å². The number of methoxy groups -OCH3 is 1. The van der Waals surface area contributed by atoms with Crippen molar-refractivity contribution in [1.29, 1.82) is 0 Å². The van der Waals surface area contributed by atoms with Crippen LogP contribution in [0.2, 0.25) is 0 Å². The molecule has 1 N–H and O–H groups in total. The van der Waals surface area contributed by atoms with Gasteiger partial charge >= 0.3 is 6.03 Å². The Kier molecular flexibility index (Phi) is 4.82. The first kappa shape index (κ1) is 14.9. The monoisotopic (exact) mass is 284 g/mol. The van der Waals surface area contributed by atoms with Gasteiger partial charge in [-0.15, -0.1) is 0 Å². The molecule has 0 bridgehead atoms. The predicted molar refractivity (Wildman–Crippen MR) is 84.6 cm³/mol. The molecule has 4 nitrogen and oxygen atoms in total. The second-order valence-electron chi connectivity index (χ2n) is 4.83. The van der Waals surface area contributed by atoms with E-state index in [1.54, 1.807) is 19.1 Å². The molecule has 0 aromatic heterocycles. The number of hydrogen-bond acceptors (Lipinski definition) is 2. The molecule has 2 aromatic rings. The number of benzene rings is 2. The lowest BCUT2D eigenvalue weighted by molar-refractivity contribution is 0.208. The second kappa shape index (κ2) is 6.79. The Hall–Kier alpha value is -2.49. The molecule has 21 heavy (non-hydrogen) atoms. The highest BCUT2D eigenvalue weighted by atomic mass is 16.5. The largest absolute Gasteiger partial charge is 0.495 e. The molecule has 0 fully saturated rings. The van der Waals surface area contributed by atoms with Crippen LogP contribution in [0.5, 0.6) is 5.75 Å². The van der Waals surface area contributed by atoms with Gasteiger partial charge < -0.3 is 15.0 Å². The van der Waals surface area contributed by atoms with Crippen molar-refractivity contribution in [2.75, 3.05) is 19.5 Å². The number of nitrogens with zero attached hydrogens (tertiary/aromatic N) is 1. The van der Waals surface area contributed by atoms with E-state index in [9.17, 15) is 4.79 Å². The SMILES string of the molecule is COc1ccccc1NC(=O)N(C)[C@H](C)c1ccccc1. The highest BCUT2D eigenvalue weighted by Gasteiger charge is 2.18. The molecule has 2 rings (SSSR count). The Morgan fingerprint density at radius 2 is 1.71 bits per heavy atom. The maximum atomic E-state index is 12.4. The highest BCUT2D eigenvalue weighted by molar-refractivity contribution is 5.91. The van der Waals surface area contributed by atoms with Crippen LogP contribution in [0.4, 0.5) is 10.5 Å². The summed E-state index contributed by atoms with van der Waals surface area (Å²) in [4.78, 5) is 14.0. The summed E-state index contributed by atoms with van der Waals surface area (Å²) >= 11 is 0. The molecule has 0 radical (unpaired) electrons. The lowest BCUT2D eigenvalue weighted by Gasteiger charge is -2.26. The average molecular weight is 284 g/mol. The van der Waals surface area contributed by atoms with Gasteiger partial charge in [0.2, 0.25) is 0 Å². The second-order valence-corrected chi connectivity index (χ2v) is 4.83. The van der Waals surface area contributed by atoms with Crippen LogP contribution in [0, 0.1) is 0 Å². The Morgan fingerprint density at radius 3 is 2.38 bits per heavy atom. The fraction of sp³-hybridized carbons (Fsp3) is 0.235. The minimum absolute atomic E-state index is 0.0130. The summed E-state index contributed by atoms with van der Waals surface area (Å²) in [6.07, 6.45) is 0. The zero-order valence-electron chi connectivity index (χ0n) is 12.5. The predicted octanol–water partition coefficient (Wildman–Crippen LogP) is 3.92. The molecule has 0 aliphatic carbocycles. The van der Waals surface area contributed by atoms with Crippen molar-refractivity contribution in [1.82, 2.24) is 4.90 Å². The van der Waals surface area contributed by atoms with Crippen molar-refractivity contribution >= 4 is 11.7 Å². The quantitative estimate of drug-likeness (QED) is 0.924. The van der Waals surface area contributed by atoms with Gasteiger partial charge in [0, 0.05) is 7.05 Å². The zero-order valence-corrected chi connectivity index (χ0v) is 12.5. The molecule has 0 saturated carbocycles. The van der Waals surface area contributed by atoms with Gasteiger partial charge in [0.05, 0.1) is 18.8 Å². The molecular formula is C17H20N2O2. The van der Waals surface area contributed by atoms with Crippen molar-refractivity contribution in [3.05, 3.63) is 60.2 Å². The van der Waals surface area contributed by atoms with E-state index < -0.39 is 0 Å². The van der Waals surface area contributed by atoms with Crippen molar-refractivity contribution in [2.45, 2.75) is 13.0 Å². The number of amides is 2. The minimum Gasteiger partial charge on any atom is -0.495 e. The number of hydrogen-bond donors (Lipinski definition) is 1. The Morgan fingerprint density at radius 1 is 1.10 bits per heavy atom. The summed E-state index contributed by atoms with van der Waals surface area (Å²) in [7, 11) is 3.36. The molecule has 2 aromatic carbocycles. The Balaban J connectivity index is 2.09. The van der Waals surface area contributed by atoms with Crippen LogP contribution in [0.1, 0.15) is 18.5 Å². The lowest BCUT2D eigenvalue weighted by Crippen LogP contribution is -2.33. The summed E-state index contributed by atoms with van der Waals surface area (Å²) in [6, 6.07) is 17.1. The standard InChI is InChI=1S/C17H20N2O2/c1-13(14-9-5-4-6-10-14)19(2)17(20)18-15-11-7-8-12-16(15)21-3/h4-13H,1-3H3,(H,18,20)/t13-/m1/s1. The first-order chi connectivity index (χ1) is 10.1. The molecular weight excluding hydrogens is 264 g/mol. The van der Waals surface area contributed by atoms with Crippen LogP contribution in [-0.4, -0.2) is 25.1 Å². The fourth-order valence-electron chi connectivity index (χ4n) is 2.08. The van der Waals surface area contributed by atoms with E-state index in [1.165, 1.54) is 0 Å².